The summed E-state index contributed by atoms with van der Waals surface area (Å²) in [6.45, 7) is 0. The number of ether oxygens (including phenoxy) is 1. The van der Waals surface area contributed by atoms with Gasteiger partial charge in [0, 0.05) is 5.56 Å². The topological polar surface area (TPSA) is 64.1 Å². The number of alkyl halides is 3. The SMILES string of the molecule is COC(=O)c1[nH]c(=O)n(-c2ccccc2)c1-c1ccc(C(F)(F)F)cc1. The zero-order valence-electron chi connectivity index (χ0n) is 13.5. The minimum Gasteiger partial charge on any atom is -0.464 e. The van der Waals surface area contributed by atoms with Gasteiger partial charge in [-0.2, -0.15) is 13.2 Å². The minimum atomic E-state index is -4.49. The number of imidazole rings is 1. The maximum absolute atomic E-state index is 12.8. The van der Waals surface area contributed by atoms with E-state index in [9.17, 15) is 22.8 Å². The largest absolute Gasteiger partial charge is 0.464 e. The lowest BCUT2D eigenvalue weighted by Crippen LogP contribution is -2.15. The van der Waals surface area contributed by atoms with Crippen LogP contribution in [-0.2, 0) is 10.9 Å². The molecule has 1 aromatic heterocycles. The number of halogens is 3. The fraction of sp³-hybridized carbons (Fsp3) is 0.111. The van der Waals surface area contributed by atoms with Crippen molar-refractivity contribution in [3.05, 3.63) is 76.3 Å². The highest BCUT2D eigenvalue weighted by Gasteiger charge is 2.30. The average molecular weight is 362 g/mol. The molecule has 0 aliphatic heterocycles. The Morgan fingerprint density at radius 2 is 1.65 bits per heavy atom. The normalized spacial score (nSPS) is 11.4. The molecule has 0 fully saturated rings. The first-order valence-corrected chi connectivity index (χ1v) is 7.49. The second kappa shape index (κ2) is 6.55. The number of benzene rings is 2. The lowest BCUT2D eigenvalue weighted by molar-refractivity contribution is -0.137. The smallest absolute Gasteiger partial charge is 0.416 e. The molecule has 0 spiro atoms. The van der Waals surface area contributed by atoms with Gasteiger partial charge in [-0.05, 0) is 24.3 Å². The van der Waals surface area contributed by atoms with Crippen LogP contribution in [0.4, 0.5) is 13.2 Å². The first-order valence-electron chi connectivity index (χ1n) is 7.49. The Hall–Kier alpha value is -3.29. The highest BCUT2D eigenvalue weighted by molar-refractivity contribution is 5.94. The Morgan fingerprint density at radius 1 is 1.04 bits per heavy atom. The Balaban J connectivity index is 2.25. The van der Waals surface area contributed by atoms with Gasteiger partial charge in [0.25, 0.3) is 0 Å². The van der Waals surface area contributed by atoms with Crippen LogP contribution in [-0.4, -0.2) is 22.6 Å². The van der Waals surface area contributed by atoms with Gasteiger partial charge in [-0.1, -0.05) is 30.3 Å². The first kappa shape index (κ1) is 17.5. The number of para-hydroxylation sites is 1. The summed E-state index contributed by atoms with van der Waals surface area (Å²) in [6.07, 6.45) is -4.49. The van der Waals surface area contributed by atoms with Gasteiger partial charge in [0.15, 0.2) is 5.69 Å². The van der Waals surface area contributed by atoms with Crippen LogP contribution >= 0.6 is 0 Å². The summed E-state index contributed by atoms with van der Waals surface area (Å²) in [5.74, 6) is -0.799. The van der Waals surface area contributed by atoms with Crippen LogP contribution in [0, 0.1) is 0 Å². The summed E-state index contributed by atoms with van der Waals surface area (Å²) in [5.41, 5.74) is -0.723. The van der Waals surface area contributed by atoms with Crippen LogP contribution in [0.15, 0.2) is 59.4 Å². The molecule has 0 atom stereocenters. The second-order valence-corrected chi connectivity index (χ2v) is 5.39. The molecule has 0 radical (unpaired) electrons. The van der Waals surface area contributed by atoms with E-state index in [1.807, 2.05) is 0 Å². The standard InChI is InChI=1S/C18H13F3N2O3/c1-26-16(24)14-15(11-7-9-12(10-8-11)18(19,20)21)23(17(25)22-14)13-5-3-2-4-6-13/h2-10H,1H3,(H,22,25). The molecular weight excluding hydrogens is 349 g/mol. The molecule has 0 saturated carbocycles. The zero-order valence-corrected chi connectivity index (χ0v) is 13.5. The summed E-state index contributed by atoms with van der Waals surface area (Å²) in [4.78, 5) is 26.9. The molecule has 0 aliphatic rings. The summed E-state index contributed by atoms with van der Waals surface area (Å²) in [7, 11) is 1.15. The number of esters is 1. The van der Waals surface area contributed by atoms with Crippen molar-refractivity contribution in [2.45, 2.75) is 6.18 Å². The number of aromatic amines is 1. The maximum atomic E-state index is 12.8. The number of nitrogens with zero attached hydrogens (tertiary/aromatic N) is 1. The van der Waals surface area contributed by atoms with Gasteiger partial charge in [-0.3, -0.25) is 9.55 Å². The summed E-state index contributed by atoms with van der Waals surface area (Å²) < 4.78 is 44.3. The van der Waals surface area contributed by atoms with Crippen molar-refractivity contribution in [1.29, 1.82) is 0 Å². The van der Waals surface area contributed by atoms with Crippen molar-refractivity contribution in [2.75, 3.05) is 7.11 Å². The van der Waals surface area contributed by atoms with Gasteiger partial charge >= 0.3 is 17.8 Å². The van der Waals surface area contributed by atoms with E-state index in [2.05, 4.69) is 9.72 Å². The van der Waals surface area contributed by atoms with Gasteiger partial charge in [0.1, 0.15) is 0 Å². The molecule has 3 rings (SSSR count). The number of hydrogen-bond acceptors (Lipinski definition) is 3. The van der Waals surface area contributed by atoms with Crippen LogP contribution in [0.25, 0.3) is 16.9 Å². The number of H-pyrrole nitrogens is 1. The third-order valence-electron chi connectivity index (χ3n) is 3.79. The van der Waals surface area contributed by atoms with Gasteiger partial charge in [-0.15, -0.1) is 0 Å². The molecule has 134 valence electrons. The quantitative estimate of drug-likeness (QED) is 0.724. The Kier molecular flexibility index (Phi) is 4.41. The molecule has 1 heterocycles. The molecule has 0 saturated heterocycles. The maximum Gasteiger partial charge on any atom is 0.416 e. The Bertz CT molecular complexity index is 987. The van der Waals surface area contributed by atoms with Crippen LogP contribution in [0.2, 0.25) is 0 Å². The van der Waals surface area contributed by atoms with Gasteiger partial charge in [0.05, 0.1) is 24.1 Å². The molecular formula is C18H13F3N2O3. The molecule has 0 amide bonds. The van der Waals surface area contributed by atoms with Crippen molar-refractivity contribution >= 4 is 5.97 Å². The number of methoxy groups -OCH3 is 1. The highest BCUT2D eigenvalue weighted by Crippen LogP contribution is 2.32. The van der Waals surface area contributed by atoms with E-state index in [1.165, 1.54) is 16.7 Å². The zero-order chi connectivity index (χ0) is 18.9. The van der Waals surface area contributed by atoms with Gasteiger partial charge in [0.2, 0.25) is 0 Å². The summed E-state index contributed by atoms with van der Waals surface area (Å²) in [5, 5.41) is 0. The average Bonchev–Trinajstić information content (AvgIpc) is 2.98. The first-order chi connectivity index (χ1) is 12.3. The number of carbonyl (C=O) groups is 1. The fourth-order valence-corrected chi connectivity index (χ4v) is 2.60. The second-order valence-electron chi connectivity index (χ2n) is 5.39. The van der Waals surface area contributed by atoms with E-state index < -0.39 is 23.4 Å². The van der Waals surface area contributed by atoms with Gasteiger partial charge < -0.3 is 4.74 Å². The van der Waals surface area contributed by atoms with Crippen LogP contribution in [0.1, 0.15) is 16.1 Å². The molecule has 0 unspecified atom stereocenters. The Labute approximate surface area is 145 Å². The number of hydrogen-bond donors (Lipinski definition) is 1. The van der Waals surface area contributed by atoms with E-state index >= 15 is 0 Å². The molecule has 2 aromatic carbocycles. The van der Waals surface area contributed by atoms with Crippen molar-refractivity contribution in [1.82, 2.24) is 9.55 Å². The van der Waals surface area contributed by atoms with Crippen LogP contribution in [0.5, 0.6) is 0 Å². The van der Waals surface area contributed by atoms with Crippen LogP contribution in [0.3, 0.4) is 0 Å². The van der Waals surface area contributed by atoms with E-state index in [4.69, 9.17) is 0 Å². The van der Waals surface area contributed by atoms with Gasteiger partial charge in [-0.25, -0.2) is 9.59 Å². The fourth-order valence-electron chi connectivity index (χ4n) is 2.60. The van der Waals surface area contributed by atoms with Crippen molar-refractivity contribution in [3.8, 4) is 16.9 Å². The van der Waals surface area contributed by atoms with E-state index in [-0.39, 0.29) is 17.0 Å². The molecule has 0 bridgehead atoms. The predicted molar refractivity (Wildman–Crippen MR) is 88.2 cm³/mol. The number of nitrogens with one attached hydrogen (secondary N) is 1. The van der Waals surface area contributed by atoms with Crippen molar-refractivity contribution in [3.63, 3.8) is 0 Å². The van der Waals surface area contributed by atoms with Crippen molar-refractivity contribution < 1.29 is 22.7 Å². The minimum absolute atomic E-state index is 0.127. The Morgan fingerprint density at radius 3 is 2.19 bits per heavy atom. The lowest BCUT2D eigenvalue weighted by Gasteiger charge is -2.11. The number of carbonyl (C=O) groups excluding carboxylic acids is 1. The van der Waals surface area contributed by atoms with E-state index in [1.54, 1.807) is 30.3 Å². The monoisotopic (exact) mass is 362 g/mol. The summed E-state index contributed by atoms with van der Waals surface area (Å²) in [6, 6.07) is 12.6. The number of rotatable bonds is 3. The summed E-state index contributed by atoms with van der Waals surface area (Å²) >= 11 is 0. The highest BCUT2D eigenvalue weighted by atomic mass is 19.4. The predicted octanol–water partition coefficient (Wildman–Crippen LogP) is 3.64. The van der Waals surface area contributed by atoms with Crippen LogP contribution < -0.4 is 5.69 Å². The van der Waals surface area contributed by atoms with Crippen molar-refractivity contribution in [2.24, 2.45) is 0 Å². The number of aromatic nitrogens is 2. The third-order valence-corrected chi connectivity index (χ3v) is 3.79. The van der Waals surface area contributed by atoms with E-state index in [0.717, 1.165) is 19.2 Å². The molecule has 1 N–H and O–H groups in total. The molecule has 0 aliphatic carbocycles. The molecule has 5 nitrogen and oxygen atoms in total. The third kappa shape index (κ3) is 3.13. The lowest BCUT2D eigenvalue weighted by atomic mass is 10.1. The molecule has 26 heavy (non-hydrogen) atoms. The molecule has 8 heteroatoms. The molecule has 3 aromatic rings. The van der Waals surface area contributed by atoms with E-state index in [0.29, 0.717) is 5.69 Å².